The second-order valence-electron chi connectivity index (χ2n) is 4.60. The Morgan fingerprint density at radius 1 is 1.13 bits per heavy atom. The molecule has 3 atom stereocenters. The predicted molar refractivity (Wildman–Crippen MR) is 61.1 cm³/mol. The fraction of sp³-hybridized carbons (Fsp3) is 1.00. The van der Waals surface area contributed by atoms with E-state index in [2.05, 4.69) is 20.4 Å². The molecule has 0 bridgehead atoms. The van der Waals surface area contributed by atoms with E-state index in [0.29, 0.717) is 17.7 Å². The summed E-state index contributed by atoms with van der Waals surface area (Å²) in [5.74, 6) is 0. The van der Waals surface area contributed by atoms with Gasteiger partial charge in [0.2, 0.25) is 0 Å². The molecule has 1 saturated heterocycles. The van der Waals surface area contributed by atoms with Crippen LogP contribution in [0.15, 0.2) is 0 Å². The van der Waals surface area contributed by atoms with Gasteiger partial charge in [-0.2, -0.15) is 0 Å². The Labute approximate surface area is 93.3 Å². The Hall–Kier alpha value is 0.0969. The molecule has 3 nitrogen and oxygen atoms in total. The van der Waals surface area contributed by atoms with Gasteiger partial charge >= 0.3 is 8.56 Å². The molecular formula is C11H22O3Si. The molecule has 1 saturated carbocycles. The van der Waals surface area contributed by atoms with Crippen LogP contribution in [0, 0.1) is 0 Å². The van der Waals surface area contributed by atoms with Crippen LogP contribution < -0.4 is 0 Å². The van der Waals surface area contributed by atoms with Crippen molar-refractivity contribution in [2.24, 2.45) is 0 Å². The van der Waals surface area contributed by atoms with E-state index < -0.39 is 8.56 Å². The predicted octanol–water partition coefficient (Wildman–Crippen LogP) is 2.45. The lowest BCUT2D eigenvalue weighted by atomic mass is 10.0. The Morgan fingerprint density at radius 3 is 2.33 bits per heavy atom. The van der Waals surface area contributed by atoms with Crippen LogP contribution in [-0.2, 0) is 13.6 Å². The minimum Gasteiger partial charge on any atom is -0.394 e. The van der Waals surface area contributed by atoms with Crippen molar-refractivity contribution in [3.63, 3.8) is 0 Å². The summed E-state index contributed by atoms with van der Waals surface area (Å²) < 4.78 is 17.4. The summed E-state index contributed by atoms with van der Waals surface area (Å²) in [5.41, 5.74) is 0.626. The van der Waals surface area contributed by atoms with Crippen LogP contribution in [0.25, 0.3) is 0 Å². The zero-order valence-corrected chi connectivity index (χ0v) is 11.0. The summed E-state index contributed by atoms with van der Waals surface area (Å²) in [6.07, 6.45) is 4.69. The van der Waals surface area contributed by atoms with E-state index in [1.165, 1.54) is 12.8 Å². The van der Waals surface area contributed by atoms with Gasteiger partial charge in [0.25, 0.3) is 0 Å². The van der Waals surface area contributed by atoms with Crippen LogP contribution in [0.1, 0.15) is 33.1 Å². The van der Waals surface area contributed by atoms with Gasteiger partial charge in [0.1, 0.15) is 0 Å². The van der Waals surface area contributed by atoms with Gasteiger partial charge < -0.3 is 13.6 Å². The Balaban J connectivity index is 1.96. The fourth-order valence-corrected chi connectivity index (χ4v) is 5.78. The molecule has 1 aliphatic heterocycles. The van der Waals surface area contributed by atoms with Crippen molar-refractivity contribution in [1.82, 2.24) is 0 Å². The first-order valence-corrected chi connectivity index (χ1v) is 8.52. The molecule has 15 heavy (non-hydrogen) atoms. The van der Waals surface area contributed by atoms with Crippen LogP contribution in [-0.4, -0.2) is 34.0 Å². The van der Waals surface area contributed by atoms with Gasteiger partial charge in [0.05, 0.1) is 12.2 Å². The maximum atomic E-state index is 5.94. The first kappa shape index (κ1) is 11.6. The minimum atomic E-state index is -1.94. The van der Waals surface area contributed by atoms with Crippen LogP contribution >= 0.6 is 0 Å². The van der Waals surface area contributed by atoms with Crippen molar-refractivity contribution >= 4 is 8.56 Å². The Kier molecular flexibility index (Phi) is 3.50. The summed E-state index contributed by atoms with van der Waals surface area (Å²) in [6.45, 7) is 7.88. The van der Waals surface area contributed by atoms with Gasteiger partial charge in [-0.25, -0.2) is 0 Å². The second kappa shape index (κ2) is 4.53. The lowest BCUT2D eigenvalue weighted by molar-refractivity contribution is 0.172. The Morgan fingerprint density at radius 2 is 1.80 bits per heavy atom. The van der Waals surface area contributed by atoms with Gasteiger partial charge in [-0.15, -0.1) is 0 Å². The molecule has 2 aliphatic rings. The van der Waals surface area contributed by atoms with E-state index >= 15 is 0 Å². The maximum Gasteiger partial charge on any atom is 0.338 e. The van der Waals surface area contributed by atoms with Crippen molar-refractivity contribution < 1.29 is 13.6 Å². The highest BCUT2D eigenvalue weighted by atomic mass is 28.4. The highest BCUT2D eigenvalue weighted by molar-refractivity contribution is 6.67. The van der Waals surface area contributed by atoms with Crippen molar-refractivity contribution in [2.75, 3.05) is 13.2 Å². The zero-order valence-electron chi connectivity index (χ0n) is 9.99. The summed E-state index contributed by atoms with van der Waals surface area (Å²) >= 11 is 0. The summed E-state index contributed by atoms with van der Waals surface area (Å²) in [7, 11) is -1.94. The van der Waals surface area contributed by atoms with E-state index in [1.807, 2.05) is 0 Å². The number of rotatable bonds is 5. The zero-order chi connectivity index (χ0) is 10.9. The number of epoxide rings is 1. The SMILES string of the molecule is CCO[Si](C)(OCC)C1CCC2OC2C1. The molecule has 4 heteroatoms. The van der Waals surface area contributed by atoms with Gasteiger partial charge in [-0.05, 0) is 39.7 Å². The molecule has 0 aromatic carbocycles. The second-order valence-corrected chi connectivity index (χ2v) is 8.03. The molecular weight excluding hydrogens is 208 g/mol. The molecule has 0 radical (unpaired) electrons. The average molecular weight is 230 g/mol. The third-order valence-corrected chi connectivity index (χ3v) is 7.34. The molecule has 0 aromatic heterocycles. The number of fused-ring (bicyclic) bond motifs is 1. The minimum absolute atomic E-state index is 0.525. The van der Waals surface area contributed by atoms with Crippen LogP contribution in [0.5, 0.6) is 0 Å². The first-order chi connectivity index (χ1) is 7.19. The summed E-state index contributed by atoms with van der Waals surface area (Å²) in [6, 6.07) is 0. The summed E-state index contributed by atoms with van der Waals surface area (Å²) in [5, 5.41) is 0. The topological polar surface area (TPSA) is 31.0 Å². The number of hydrogen-bond donors (Lipinski definition) is 0. The van der Waals surface area contributed by atoms with E-state index in [4.69, 9.17) is 13.6 Å². The lowest BCUT2D eigenvalue weighted by Gasteiger charge is -2.35. The lowest BCUT2D eigenvalue weighted by Crippen LogP contribution is -2.45. The standard InChI is InChI=1S/C11H22O3Si/c1-4-12-15(3,13-5-2)9-6-7-10-11(8-9)14-10/h9-11H,4-8H2,1-3H3. The van der Waals surface area contributed by atoms with E-state index in [9.17, 15) is 0 Å². The van der Waals surface area contributed by atoms with Gasteiger partial charge in [0, 0.05) is 18.8 Å². The number of hydrogen-bond acceptors (Lipinski definition) is 3. The highest BCUT2D eigenvalue weighted by Crippen LogP contribution is 2.46. The van der Waals surface area contributed by atoms with Crippen molar-refractivity contribution in [3.8, 4) is 0 Å². The summed E-state index contributed by atoms with van der Waals surface area (Å²) in [4.78, 5) is 0. The molecule has 0 aromatic rings. The average Bonchev–Trinajstić information content (AvgIpc) is 2.95. The van der Waals surface area contributed by atoms with E-state index in [-0.39, 0.29) is 0 Å². The molecule has 88 valence electrons. The third-order valence-electron chi connectivity index (χ3n) is 3.61. The van der Waals surface area contributed by atoms with Crippen LogP contribution in [0.2, 0.25) is 12.1 Å². The van der Waals surface area contributed by atoms with E-state index in [1.54, 1.807) is 0 Å². The van der Waals surface area contributed by atoms with Crippen molar-refractivity contribution in [2.45, 2.75) is 57.4 Å². The van der Waals surface area contributed by atoms with Crippen LogP contribution in [0.3, 0.4) is 0 Å². The smallest absolute Gasteiger partial charge is 0.338 e. The highest BCUT2D eigenvalue weighted by Gasteiger charge is 2.51. The van der Waals surface area contributed by atoms with Gasteiger partial charge in [-0.3, -0.25) is 0 Å². The molecule has 1 aliphatic carbocycles. The maximum absolute atomic E-state index is 5.94. The van der Waals surface area contributed by atoms with Crippen LogP contribution in [0.4, 0.5) is 0 Å². The van der Waals surface area contributed by atoms with Crippen molar-refractivity contribution in [3.05, 3.63) is 0 Å². The van der Waals surface area contributed by atoms with Gasteiger partial charge in [-0.1, -0.05) is 0 Å². The Bertz CT molecular complexity index is 216. The first-order valence-electron chi connectivity index (χ1n) is 6.13. The third kappa shape index (κ3) is 2.44. The molecule has 1 heterocycles. The van der Waals surface area contributed by atoms with E-state index in [0.717, 1.165) is 19.6 Å². The molecule has 0 amide bonds. The van der Waals surface area contributed by atoms with Crippen molar-refractivity contribution in [1.29, 1.82) is 0 Å². The fourth-order valence-electron chi connectivity index (χ4n) is 2.73. The quantitative estimate of drug-likeness (QED) is 0.537. The normalized spacial score (nSPS) is 35.0. The largest absolute Gasteiger partial charge is 0.394 e. The molecule has 3 unspecified atom stereocenters. The molecule has 0 N–H and O–H groups in total. The molecule has 2 fully saturated rings. The monoisotopic (exact) mass is 230 g/mol. The van der Waals surface area contributed by atoms with Gasteiger partial charge in [0.15, 0.2) is 0 Å². The number of ether oxygens (including phenoxy) is 1. The molecule has 2 rings (SSSR count). The molecule has 0 spiro atoms.